The molecule has 2 aromatic carbocycles. The van der Waals surface area contributed by atoms with Gasteiger partial charge in [-0.25, -0.2) is 0 Å². The summed E-state index contributed by atoms with van der Waals surface area (Å²) in [4.78, 5) is 0. The molecule has 0 amide bonds. The molecule has 0 unspecified atom stereocenters. The Hall–Kier alpha value is -2.36. The highest BCUT2D eigenvalue weighted by atomic mass is 16.5. The molecule has 0 aliphatic carbocycles. The highest BCUT2D eigenvalue weighted by Crippen LogP contribution is 2.48. The van der Waals surface area contributed by atoms with Crippen molar-refractivity contribution in [2.45, 2.75) is 46.0 Å². The molecule has 1 aliphatic rings. The first-order chi connectivity index (χ1) is 12.1. The molecule has 0 atom stereocenters. The summed E-state index contributed by atoms with van der Waals surface area (Å²) < 4.78 is 12.0. The summed E-state index contributed by atoms with van der Waals surface area (Å²) in [7, 11) is 0. The highest BCUT2D eigenvalue weighted by molar-refractivity contribution is 5.85. The Morgan fingerprint density at radius 3 is 1.48 bits per heavy atom. The minimum Gasteiger partial charge on any atom is -0.507 e. The van der Waals surface area contributed by atoms with Crippen molar-refractivity contribution in [1.29, 1.82) is 0 Å². The molecule has 0 spiro atoms. The molecule has 134 valence electrons. The van der Waals surface area contributed by atoms with Gasteiger partial charge in [0.05, 0.1) is 24.3 Å². The van der Waals surface area contributed by atoms with Crippen LogP contribution in [0, 0.1) is 13.8 Å². The van der Waals surface area contributed by atoms with E-state index < -0.39 is 0 Å². The van der Waals surface area contributed by atoms with Crippen molar-refractivity contribution in [3.63, 3.8) is 0 Å². The molecule has 0 bridgehead atoms. The molecule has 3 rings (SSSR count). The van der Waals surface area contributed by atoms with Crippen LogP contribution in [0.25, 0.3) is 11.1 Å². The predicted molar refractivity (Wildman–Crippen MR) is 98.8 cm³/mol. The molecule has 0 aromatic heterocycles. The summed E-state index contributed by atoms with van der Waals surface area (Å²) in [6.07, 6.45) is 5.34. The van der Waals surface area contributed by atoms with Crippen molar-refractivity contribution >= 4 is 0 Å². The van der Waals surface area contributed by atoms with Crippen molar-refractivity contribution in [3.8, 4) is 34.1 Å². The molecular weight excluding hydrogens is 316 g/mol. The number of phenolic OH excluding ortho intramolecular Hbond substituents is 2. The zero-order valence-electron chi connectivity index (χ0n) is 15.0. The number of fused-ring (bicyclic) bond motifs is 3. The normalized spacial score (nSPS) is 15.4. The van der Waals surface area contributed by atoms with Crippen LogP contribution in [-0.2, 0) is 0 Å². The Kier molecular flexibility index (Phi) is 5.37. The summed E-state index contributed by atoms with van der Waals surface area (Å²) in [6.45, 7) is 5.02. The first-order valence-electron chi connectivity index (χ1n) is 8.99. The third-order valence-corrected chi connectivity index (χ3v) is 4.51. The Bertz CT molecular complexity index is 689. The van der Waals surface area contributed by atoms with Crippen molar-refractivity contribution in [3.05, 3.63) is 35.4 Å². The highest BCUT2D eigenvalue weighted by Gasteiger charge is 2.22. The van der Waals surface area contributed by atoms with Crippen LogP contribution in [0.3, 0.4) is 0 Å². The lowest BCUT2D eigenvalue weighted by molar-refractivity contribution is 0.298. The number of phenols is 2. The van der Waals surface area contributed by atoms with Crippen molar-refractivity contribution in [2.75, 3.05) is 13.2 Å². The second kappa shape index (κ2) is 7.68. The quantitative estimate of drug-likeness (QED) is 0.699. The molecular formula is C21H26O4. The standard InChI is InChI=1S/C21H26O4/c1-14-10-16(22)20-18(12-14)24-8-6-4-3-5-7-9-25-19-13-15(2)11-17(23)21(19)20/h10-13,22-23H,3-9H2,1-2H3. The number of hydrogen-bond donors (Lipinski definition) is 2. The van der Waals surface area contributed by atoms with Crippen LogP contribution in [-0.4, -0.2) is 23.4 Å². The topological polar surface area (TPSA) is 58.9 Å². The molecule has 25 heavy (non-hydrogen) atoms. The minimum atomic E-state index is 0.0916. The molecule has 2 aromatic rings. The third-order valence-electron chi connectivity index (χ3n) is 4.51. The largest absolute Gasteiger partial charge is 0.507 e. The Labute approximate surface area is 149 Å². The molecule has 0 radical (unpaired) electrons. The van der Waals surface area contributed by atoms with Crippen LogP contribution in [0.5, 0.6) is 23.0 Å². The smallest absolute Gasteiger partial charge is 0.131 e. The number of ether oxygens (including phenoxy) is 2. The Morgan fingerprint density at radius 2 is 1.04 bits per heavy atom. The summed E-state index contributed by atoms with van der Waals surface area (Å²) in [5.41, 5.74) is 2.82. The number of hydrogen-bond acceptors (Lipinski definition) is 4. The molecule has 2 N–H and O–H groups in total. The van der Waals surface area contributed by atoms with Gasteiger partial charge in [-0.1, -0.05) is 19.3 Å². The van der Waals surface area contributed by atoms with Crippen molar-refractivity contribution in [2.24, 2.45) is 0 Å². The van der Waals surface area contributed by atoms with E-state index in [0.717, 1.165) is 43.2 Å². The van der Waals surface area contributed by atoms with Gasteiger partial charge in [-0.2, -0.15) is 0 Å². The second-order valence-electron chi connectivity index (χ2n) is 6.78. The van der Waals surface area contributed by atoms with Crippen LogP contribution < -0.4 is 9.47 Å². The van der Waals surface area contributed by atoms with Crippen molar-refractivity contribution < 1.29 is 19.7 Å². The first kappa shape index (κ1) is 17.5. The van der Waals surface area contributed by atoms with Gasteiger partial charge in [0, 0.05) is 0 Å². The fourth-order valence-corrected chi connectivity index (χ4v) is 3.30. The fraction of sp³-hybridized carbons (Fsp3) is 0.429. The van der Waals surface area contributed by atoms with Gasteiger partial charge in [-0.3, -0.25) is 0 Å². The lowest BCUT2D eigenvalue weighted by Gasteiger charge is -2.18. The molecule has 1 aliphatic heterocycles. The van der Waals surface area contributed by atoms with Gasteiger partial charge in [0.2, 0.25) is 0 Å². The fourth-order valence-electron chi connectivity index (χ4n) is 3.30. The van der Waals surface area contributed by atoms with Gasteiger partial charge in [0.15, 0.2) is 0 Å². The SMILES string of the molecule is Cc1cc(O)c2c(c1)OCCCCCCCOc1cc(C)cc(O)c1-2. The van der Waals surface area contributed by atoms with Crippen LogP contribution >= 0.6 is 0 Å². The van der Waals surface area contributed by atoms with E-state index in [-0.39, 0.29) is 11.5 Å². The monoisotopic (exact) mass is 342 g/mol. The van der Waals surface area contributed by atoms with Crippen LogP contribution in [0.4, 0.5) is 0 Å². The predicted octanol–water partition coefficient (Wildman–Crippen LogP) is 5.10. The van der Waals surface area contributed by atoms with Gasteiger partial charge < -0.3 is 19.7 Å². The average molecular weight is 342 g/mol. The van der Waals surface area contributed by atoms with E-state index >= 15 is 0 Å². The average Bonchev–Trinajstić information content (AvgIpc) is 2.55. The van der Waals surface area contributed by atoms with Gasteiger partial charge in [0.25, 0.3) is 0 Å². The van der Waals surface area contributed by atoms with E-state index in [2.05, 4.69) is 0 Å². The van der Waals surface area contributed by atoms with Crippen LogP contribution in [0.2, 0.25) is 0 Å². The molecule has 4 nitrogen and oxygen atoms in total. The van der Waals surface area contributed by atoms with Crippen LogP contribution in [0.1, 0.15) is 43.2 Å². The van der Waals surface area contributed by atoms with E-state index in [0.29, 0.717) is 35.8 Å². The summed E-state index contributed by atoms with van der Waals surface area (Å²) in [6, 6.07) is 7.17. The first-order valence-corrected chi connectivity index (χ1v) is 8.99. The van der Waals surface area contributed by atoms with Gasteiger partial charge >= 0.3 is 0 Å². The van der Waals surface area contributed by atoms with Crippen LogP contribution in [0.15, 0.2) is 24.3 Å². The maximum Gasteiger partial charge on any atom is 0.131 e. The summed E-state index contributed by atoms with van der Waals surface area (Å²) in [5, 5.41) is 21.2. The number of aromatic hydroxyl groups is 2. The maximum atomic E-state index is 10.6. The molecule has 0 saturated heterocycles. The molecule has 1 heterocycles. The number of aryl methyl sites for hydroxylation is 2. The second-order valence-corrected chi connectivity index (χ2v) is 6.78. The van der Waals surface area contributed by atoms with E-state index in [1.807, 2.05) is 26.0 Å². The Balaban J connectivity index is 2.16. The summed E-state index contributed by atoms with van der Waals surface area (Å²) >= 11 is 0. The molecule has 4 heteroatoms. The van der Waals surface area contributed by atoms with Gasteiger partial charge in [-0.15, -0.1) is 0 Å². The zero-order valence-corrected chi connectivity index (χ0v) is 15.0. The number of rotatable bonds is 0. The van der Waals surface area contributed by atoms with E-state index in [1.165, 1.54) is 0 Å². The lowest BCUT2D eigenvalue weighted by atomic mass is 9.98. The van der Waals surface area contributed by atoms with E-state index in [1.54, 1.807) is 12.1 Å². The van der Waals surface area contributed by atoms with Gasteiger partial charge in [0.1, 0.15) is 23.0 Å². The zero-order chi connectivity index (χ0) is 17.8. The third kappa shape index (κ3) is 4.01. The number of benzene rings is 2. The lowest BCUT2D eigenvalue weighted by Crippen LogP contribution is -2.01. The molecule has 0 saturated carbocycles. The van der Waals surface area contributed by atoms with Crippen molar-refractivity contribution in [1.82, 2.24) is 0 Å². The van der Waals surface area contributed by atoms with Gasteiger partial charge in [-0.05, 0) is 62.1 Å². The minimum absolute atomic E-state index is 0.0916. The Morgan fingerprint density at radius 1 is 0.640 bits per heavy atom. The summed E-state index contributed by atoms with van der Waals surface area (Å²) in [5.74, 6) is 1.35. The van der Waals surface area contributed by atoms with E-state index in [4.69, 9.17) is 9.47 Å². The van der Waals surface area contributed by atoms with E-state index in [9.17, 15) is 10.2 Å². The molecule has 0 fully saturated rings. The maximum absolute atomic E-state index is 10.6.